The number of carbonyl (C=O) groups excluding carboxylic acids is 1. The summed E-state index contributed by atoms with van der Waals surface area (Å²) in [4.78, 5) is 14.4. The molecule has 1 aliphatic rings. The first kappa shape index (κ1) is 18.4. The fraction of sp³-hybridized carbons (Fsp3) is 0.933. The highest BCUT2D eigenvalue weighted by molar-refractivity contribution is 5.80. The van der Waals surface area contributed by atoms with Crippen LogP contribution in [0.25, 0.3) is 0 Å². The molecule has 124 valence electrons. The van der Waals surface area contributed by atoms with E-state index in [9.17, 15) is 4.79 Å². The number of nitrogens with one attached hydrogen (secondary N) is 1. The first-order chi connectivity index (χ1) is 9.91. The van der Waals surface area contributed by atoms with Crippen molar-refractivity contribution in [3.63, 3.8) is 0 Å². The molecule has 0 radical (unpaired) electrons. The predicted octanol–water partition coefficient (Wildman–Crippen LogP) is 0.652. The van der Waals surface area contributed by atoms with Gasteiger partial charge in [0.05, 0.1) is 18.8 Å². The number of nitrogens with zero attached hydrogens (tertiary/aromatic N) is 1. The Labute approximate surface area is 128 Å². The van der Waals surface area contributed by atoms with Gasteiger partial charge in [-0.2, -0.15) is 0 Å². The maximum atomic E-state index is 12.1. The average molecular weight is 302 g/mol. The van der Waals surface area contributed by atoms with Crippen molar-refractivity contribution in [2.75, 3.05) is 41.0 Å². The zero-order valence-corrected chi connectivity index (χ0v) is 14.1. The van der Waals surface area contributed by atoms with E-state index in [1.54, 1.807) is 21.3 Å². The Balaban J connectivity index is 2.67. The van der Waals surface area contributed by atoms with Gasteiger partial charge in [-0.3, -0.25) is 9.69 Å². The van der Waals surface area contributed by atoms with Crippen LogP contribution in [0.15, 0.2) is 0 Å². The van der Waals surface area contributed by atoms with Gasteiger partial charge in [0.25, 0.3) is 0 Å². The van der Waals surface area contributed by atoms with Crippen LogP contribution in [0.2, 0.25) is 0 Å². The van der Waals surface area contributed by atoms with Gasteiger partial charge in [0.1, 0.15) is 5.54 Å². The van der Waals surface area contributed by atoms with Crippen LogP contribution in [0.4, 0.5) is 0 Å². The van der Waals surface area contributed by atoms with Crippen LogP contribution in [0.1, 0.15) is 27.2 Å². The van der Waals surface area contributed by atoms with Crippen molar-refractivity contribution in [2.45, 2.75) is 51.0 Å². The van der Waals surface area contributed by atoms with Gasteiger partial charge >= 0.3 is 5.97 Å². The van der Waals surface area contributed by atoms with Crippen LogP contribution in [-0.4, -0.2) is 75.6 Å². The van der Waals surface area contributed by atoms with E-state index in [1.807, 2.05) is 13.8 Å². The highest BCUT2D eigenvalue weighted by Gasteiger charge is 2.40. The molecule has 1 N–H and O–H groups in total. The fourth-order valence-electron chi connectivity index (χ4n) is 2.88. The summed E-state index contributed by atoms with van der Waals surface area (Å²) < 4.78 is 16.1. The van der Waals surface area contributed by atoms with Crippen molar-refractivity contribution in [1.82, 2.24) is 10.2 Å². The van der Waals surface area contributed by atoms with Crippen LogP contribution < -0.4 is 5.32 Å². The van der Waals surface area contributed by atoms with E-state index >= 15 is 0 Å². The lowest BCUT2D eigenvalue weighted by Gasteiger charge is -2.33. The van der Waals surface area contributed by atoms with Crippen LogP contribution in [-0.2, 0) is 19.0 Å². The van der Waals surface area contributed by atoms with E-state index in [4.69, 9.17) is 14.2 Å². The molecule has 0 amide bonds. The molecular weight excluding hydrogens is 272 g/mol. The molecule has 0 spiro atoms. The van der Waals surface area contributed by atoms with E-state index in [0.717, 1.165) is 13.1 Å². The van der Waals surface area contributed by atoms with Crippen molar-refractivity contribution in [1.29, 1.82) is 0 Å². The Morgan fingerprint density at radius 2 is 1.86 bits per heavy atom. The Kier molecular flexibility index (Phi) is 7.06. The second kappa shape index (κ2) is 8.08. The minimum absolute atomic E-state index is 0.0842. The van der Waals surface area contributed by atoms with Crippen molar-refractivity contribution in [3.05, 3.63) is 0 Å². The Bertz CT molecular complexity index is 328. The van der Waals surface area contributed by atoms with Crippen molar-refractivity contribution in [3.8, 4) is 0 Å². The molecule has 0 saturated carbocycles. The number of ether oxygens (including phenoxy) is 3. The Morgan fingerprint density at radius 1 is 1.33 bits per heavy atom. The van der Waals surface area contributed by atoms with Gasteiger partial charge in [-0.05, 0) is 34.2 Å². The van der Waals surface area contributed by atoms with Crippen LogP contribution in [0.5, 0.6) is 0 Å². The van der Waals surface area contributed by atoms with Gasteiger partial charge < -0.3 is 19.5 Å². The monoisotopic (exact) mass is 302 g/mol. The molecule has 0 aromatic carbocycles. The lowest BCUT2D eigenvalue weighted by molar-refractivity contribution is -0.151. The lowest BCUT2D eigenvalue weighted by Crippen LogP contribution is -2.52. The number of rotatable bonds is 8. The molecule has 0 aromatic rings. The molecule has 0 bridgehead atoms. The second-order valence-electron chi connectivity index (χ2n) is 5.86. The Morgan fingerprint density at radius 3 is 2.24 bits per heavy atom. The second-order valence-corrected chi connectivity index (χ2v) is 5.86. The fourth-order valence-corrected chi connectivity index (χ4v) is 2.88. The molecule has 4 unspecified atom stereocenters. The zero-order valence-electron chi connectivity index (χ0n) is 14.1. The standard InChI is InChI=1S/C15H30N2O4/c1-7-21-14(18)15(3,16-4)8-11(2)17-9-12(19-5)13(10-17)20-6/h11-13,16H,7-10H2,1-6H3. The minimum Gasteiger partial charge on any atom is -0.465 e. The summed E-state index contributed by atoms with van der Waals surface area (Å²) in [6, 6.07) is 0.227. The van der Waals surface area contributed by atoms with E-state index in [1.165, 1.54) is 0 Å². The average Bonchev–Trinajstić information content (AvgIpc) is 2.90. The molecule has 1 aliphatic heterocycles. The quantitative estimate of drug-likeness (QED) is 0.665. The summed E-state index contributed by atoms with van der Waals surface area (Å²) in [5.74, 6) is -0.204. The van der Waals surface area contributed by atoms with Crippen molar-refractivity contribution < 1.29 is 19.0 Å². The molecule has 6 heteroatoms. The topological polar surface area (TPSA) is 60.0 Å². The maximum Gasteiger partial charge on any atom is 0.326 e. The van der Waals surface area contributed by atoms with Crippen molar-refractivity contribution in [2.24, 2.45) is 0 Å². The van der Waals surface area contributed by atoms with E-state index < -0.39 is 5.54 Å². The number of likely N-dealkylation sites (tertiary alicyclic amines) is 1. The lowest BCUT2D eigenvalue weighted by atomic mass is 9.93. The highest BCUT2D eigenvalue weighted by Crippen LogP contribution is 2.23. The summed E-state index contributed by atoms with van der Waals surface area (Å²) in [5.41, 5.74) is -0.677. The highest BCUT2D eigenvalue weighted by atomic mass is 16.5. The summed E-state index contributed by atoms with van der Waals surface area (Å²) in [6.07, 6.45) is 0.844. The van der Waals surface area contributed by atoms with Gasteiger partial charge in [0.15, 0.2) is 0 Å². The third-order valence-corrected chi connectivity index (χ3v) is 4.45. The maximum absolute atomic E-state index is 12.1. The zero-order chi connectivity index (χ0) is 16.0. The summed E-state index contributed by atoms with van der Waals surface area (Å²) >= 11 is 0. The molecule has 1 fully saturated rings. The van der Waals surface area contributed by atoms with Crippen LogP contribution in [0.3, 0.4) is 0 Å². The summed E-state index contributed by atoms with van der Waals surface area (Å²) in [6.45, 7) is 7.87. The Hall–Kier alpha value is -0.690. The molecule has 21 heavy (non-hydrogen) atoms. The number of carbonyl (C=O) groups is 1. The number of hydrogen-bond donors (Lipinski definition) is 1. The SMILES string of the molecule is CCOC(=O)C(C)(CC(C)N1CC(OC)C(OC)C1)NC. The first-order valence-corrected chi connectivity index (χ1v) is 7.57. The van der Waals surface area contributed by atoms with Gasteiger partial charge in [-0.15, -0.1) is 0 Å². The molecule has 0 aliphatic carbocycles. The molecule has 1 rings (SSSR count). The normalized spacial score (nSPS) is 27.3. The number of likely N-dealkylation sites (N-methyl/N-ethyl adjacent to an activating group) is 1. The van der Waals surface area contributed by atoms with Crippen LogP contribution in [0, 0.1) is 0 Å². The van der Waals surface area contributed by atoms with Crippen molar-refractivity contribution >= 4 is 5.97 Å². The number of hydrogen-bond acceptors (Lipinski definition) is 6. The molecular formula is C15H30N2O4. The molecule has 6 nitrogen and oxygen atoms in total. The third-order valence-electron chi connectivity index (χ3n) is 4.45. The first-order valence-electron chi connectivity index (χ1n) is 7.57. The van der Waals surface area contributed by atoms with Gasteiger partial charge in [-0.25, -0.2) is 0 Å². The molecule has 0 aromatic heterocycles. The van der Waals surface area contributed by atoms with E-state index in [-0.39, 0.29) is 24.2 Å². The van der Waals surface area contributed by atoms with Gasteiger partial charge in [0.2, 0.25) is 0 Å². The van der Waals surface area contributed by atoms with E-state index in [2.05, 4.69) is 17.1 Å². The molecule has 1 saturated heterocycles. The third kappa shape index (κ3) is 4.39. The number of esters is 1. The minimum atomic E-state index is -0.677. The van der Waals surface area contributed by atoms with E-state index in [0.29, 0.717) is 13.0 Å². The van der Waals surface area contributed by atoms with Crippen LogP contribution >= 0.6 is 0 Å². The smallest absolute Gasteiger partial charge is 0.326 e. The largest absolute Gasteiger partial charge is 0.465 e. The number of methoxy groups -OCH3 is 2. The van der Waals surface area contributed by atoms with Gasteiger partial charge in [0, 0.05) is 33.4 Å². The summed E-state index contributed by atoms with van der Waals surface area (Å²) in [5, 5.41) is 3.10. The predicted molar refractivity (Wildman–Crippen MR) is 81.3 cm³/mol. The molecule has 1 heterocycles. The summed E-state index contributed by atoms with van der Waals surface area (Å²) in [7, 11) is 5.21. The van der Waals surface area contributed by atoms with Gasteiger partial charge in [-0.1, -0.05) is 0 Å². The molecule has 4 atom stereocenters.